The first-order chi connectivity index (χ1) is 16.6. The zero-order valence-corrected chi connectivity index (χ0v) is 19.8. The van der Waals surface area contributed by atoms with E-state index in [2.05, 4.69) is 15.6 Å². The number of piperidine rings is 1. The van der Waals surface area contributed by atoms with Crippen LogP contribution in [0.1, 0.15) is 24.4 Å². The van der Waals surface area contributed by atoms with E-state index in [1.54, 1.807) is 0 Å². The molecule has 0 spiro atoms. The number of H-pyrrole nitrogens is 1. The van der Waals surface area contributed by atoms with Crippen molar-refractivity contribution in [3.05, 3.63) is 70.5 Å². The molecule has 0 unspecified atom stereocenters. The number of benzene rings is 2. The van der Waals surface area contributed by atoms with E-state index in [-0.39, 0.29) is 24.2 Å². The normalized spacial score (nSPS) is 16.9. The summed E-state index contributed by atoms with van der Waals surface area (Å²) < 4.78 is 1.02. The maximum Gasteiger partial charge on any atom is 0.264 e. The lowest BCUT2D eigenvalue weighted by Gasteiger charge is -2.29. The second kappa shape index (κ2) is 9.92. The smallest absolute Gasteiger partial charge is 0.264 e. The Bertz CT molecular complexity index is 1280. The highest BCUT2D eigenvalue weighted by molar-refractivity contribution is 7.21. The molecule has 5 rings (SSSR count). The Kier molecular flexibility index (Phi) is 6.57. The molecule has 4 aromatic rings. The molecular weight excluding hydrogens is 448 g/mol. The third-order valence-corrected chi connectivity index (χ3v) is 7.27. The first-order valence-corrected chi connectivity index (χ1v) is 12.3. The molecule has 1 aliphatic heterocycles. The number of nitrogens with zero attached hydrogens (tertiary/aromatic N) is 3. The highest BCUT2D eigenvalue weighted by Crippen LogP contribution is 2.33. The van der Waals surface area contributed by atoms with Crippen molar-refractivity contribution in [2.45, 2.75) is 24.9 Å². The van der Waals surface area contributed by atoms with Gasteiger partial charge >= 0.3 is 0 Å². The van der Waals surface area contributed by atoms with Gasteiger partial charge in [-0.15, -0.1) is 11.3 Å². The molecule has 0 saturated carbocycles. The predicted octanol–water partition coefficient (Wildman–Crippen LogP) is 3.38. The van der Waals surface area contributed by atoms with Gasteiger partial charge in [0.1, 0.15) is 16.4 Å². The molecule has 1 saturated heterocycles. The number of thiazole rings is 1. The SMILES string of the molecule is CN(c1nc(N[C@@H]2CCCNC2)c(-c2nc3ccccc3s2)c(=O)[nH]1)[C@H](CO)c1ccccc1. The first kappa shape index (κ1) is 22.5. The van der Waals surface area contributed by atoms with Crippen LogP contribution in [0.4, 0.5) is 11.8 Å². The van der Waals surface area contributed by atoms with Gasteiger partial charge < -0.3 is 20.6 Å². The van der Waals surface area contributed by atoms with Crippen LogP contribution in [0.25, 0.3) is 20.8 Å². The number of aromatic amines is 1. The molecule has 2 atom stereocenters. The van der Waals surface area contributed by atoms with Crippen molar-refractivity contribution >= 4 is 33.3 Å². The van der Waals surface area contributed by atoms with Gasteiger partial charge in [0.2, 0.25) is 5.95 Å². The molecule has 0 radical (unpaired) electrons. The number of fused-ring (bicyclic) bond motifs is 1. The molecule has 2 aromatic heterocycles. The van der Waals surface area contributed by atoms with Crippen LogP contribution < -0.4 is 21.1 Å². The van der Waals surface area contributed by atoms with Crippen LogP contribution in [0, 0.1) is 0 Å². The van der Waals surface area contributed by atoms with Gasteiger partial charge in [0, 0.05) is 19.6 Å². The van der Waals surface area contributed by atoms with Crippen molar-refractivity contribution in [1.82, 2.24) is 20.3 Å². The highest BCUT2D eigenvalue weighted by Gasteiger charge is 2.24. The summed E-state index contributed by atoms with van der Waals surface area (Å²) in [6.45, 7) is 1.69. The summed E-state index contributed by atoms with van der Waals surface area (Å²) in [6, 6.07) is 17.4. The number of aliphatic hydroxyl groups is 1. The van der Waals surface area contributed by atoms with E-state index >= 15 is 0 Å². The molecule has 8 nitrogen and oxygen atoms in total. The topological polar surface area (TPSA) is 106 Å². The molecule has 3 heterocycles. The van der Waals surface area contributed by atoms with E-state index in [0.29, 0.717) is 22.3 Å². The van der Waals surface area contributed by atoms with Crippen molar-refractivity contribution in [3.8, 4) is 10.6 Å². The van der Waals surface area contributed by atoms with E-state index in [1.165, 1.54) is 11.3 Å². The van der Waals surface area contributed by atoms with E-state index in [9.17, 15) is 9.90 Å². The number of likely N-dealkylation sites (N-methyl/N-ethyl adjacent to an activating group) is 1. The lowest BCUT2D eigenvalue weighted by atomic mass is 10.1. The standard InChI is InChI=1S/C25H28N6O2S/c1-31(19(15-32)16-8-3-2-4-9-16)25-29-22(27-17-10-7-13-26-14-17)21(23(33)30-25)24-28-18-11-5-6-12-20(18)34-24/h2-6,8-9,11-12,17,19,26,32H,7,10,13-15H2,1H3,(H2,27,29,30,33)/t17-,19-/m1/s1. The molecule has 0 bridgehead atoms. The van der Waals surface area contributed by atoms with Crippen LogP contribution in [-0.4, -0.2) is 52.8 Å². The number of hydrogen-bond acceptors (Lipinski definition) is 8. The summed E-state index contributed by atoms with van der Waals surface area (Å²) in [4.78, 5) is 27.8. The average Bonchev–Trinajstić information content (AvgIpc) is 3.29. The summed E-state index contributed by atoms with van der Waals surface area (Å²) in [5.41, 5.74) is 1.99. The number of aromatic nitrogens is 3. The van der Waals surface area contributed by atoms with E-state index in [1.807, 2.05) is 66.5 Å². The molecule has 176 valence electrons. The maximum absolute atomic E-state index is 13.5. The third kappa shape index (κ3) is 4.54. The summed E-state index contributed by atoms with van der Waals surface area (Å²) in [5, 5.41) is 17.7. The fourth-order valence-corrected chi connectivity index (χ4v) is 5.36. The number of hydrogen-bond donors (Lipinski definition) is 4. The monoisotopic (exact) mass is 476 g/mol. The molecule has 0 aliphatic carbocycles. The van der Waals surface area contributed by atoms with Crippen LogP contribution >= 0.6 is 11.3 Å². The van der Waals surface area contributed by atoms with Gasteiger partial charge in [-0.2, -0.15) is 4.98 Å². The van der Waals surface area contributed by atoms with Crippen LogP contribution in [0.5, 0.6) is 0 Å². The Morgan fingerprint density at radius 3 is 2.71 bits per heavy atom. The number of anilines is 2. The molecule has 1 fully saturated rings. The molecule has 0 amide bonds. The van der Waals surface area contributed by atoms with Gasteiger partial charge in [0.15, 0.2) is 0 Å². The lowest BCUT2D eigenvalue weighted by molar-refractivity contribution is 0.263. The van der Waals surface area contributed by atoms with Gasteiger partial charge in [-0.25, -0.2) is 4.98 Å². The van der Waals surface area contributed by atoms with Crippen molar-refractivity contribution in [2.24, 2.45) is 0 Å². The van der Waals surface area contributed by atoms with Crippen LogP contribution in [0.15, 0.2) is 59.4 Å². The zero-order chi connectivity index (χ0) is 23.5. The van der Waals surface area contributed by atoms with Gasteiger partial charge in [0.05, 0.1) is 22.9 Å². The van der Waals surface area contributed by atoms with Gasteiger partial charge in [-0.05, 0) is 37.1 Å². The van der Waals surface area contributed by atoms with Crippen LogP contribution in [0.3, 0.4) is 0 Å². The zero-order valence-electron chi connectivity index (χ0n) is 19.0. The van der Waals surface area contributed by atoms with Gasteiger partial charge in [-0.3, -0.25) is 9.78 Å². The fourth-order valence-electron chi connectivity index (χ4n) is 4.35. The summed E-state index contributed by atoms with van der Waals surface area (Å²) >= 11 is 1.48. The summed E-state index contributed by atoms with van der Waals surface area (Å²) in [6.07, 6.45) is 2.06. The number of rotatable bonds is 7. The minimum absolute atomic E-state index is 0.112. The molecule has 4 N–H and O–H groups in total. The molecular formula is C25H28N6O2S. The van der Waals surface area contributed by atoms with Crippen molar-refractivity contribution in [1.29, 1.82) is 0 Å². The first-order valence-electron chi connectivity index (χ1n) is 11.5. The van der Waals surface area contributed by atoms with E-state index < -0.39 is 0 Å². The molecule has 2 aromatic carbocycles. The number of nitrogens with one attached hydrogen (secondary N) is 3. The Balaban J connectivity index is 1.58. The largest absolute Gasteiger partial charge is 0.394 e. The minimum Gasteiger partial charge on any atom is -0.394 e. The van der Waals surface area contributed by atoms with E-state index in [0.717, 1.165) is 41.7 Å². The maximum atomic E-state index is 13.5. The highest BCUT2D eigenvalue weighted by atomic mass is 32.1. The Labute approximate surface area is 201 Å². The molecule has 9 heteroatoms. The van der Waals surface area contributed by atoms with Crippen LogP contribution in [0.2, 0.25) is 0 Å². The van der Waals surface area contributed by atoms with Crippen molar-refractivity contribution in [3.63, 3.8) is 0 Å². The van der Waals surface area contributed by atoms with Crippen molar-refractivity contribution in [2.75, 3.05) is 37.0 Å². The average molecular weight is 477 g/mol. The van der Waals surface area contributed by atoms with E-state index in [4.69, 9.17) is 9.97 Å². The minimum atomic E-state index is -0.346. The van der Waals surface area contributed by atoms with Crippen molar-refractivity contribution < 1.29 is 5.11 Å². The second-order valence-corrected chi connectivity index (χ2v) is 9.54. The summed E-state index contributed by atoms with van der Waals surface area (Å²) in [5.74, 6) is 0.909. The molecule has 34 heavy (non-hydrogen) atoms. The van der Waals surface area contributed by atoms with Gasteiger partial charge in [0.25, 0.3) is 5.56 Å². The number of aliphatic hydroxyl groups excluding tert-OH is 1. The Morgan fingerprint density at radius 2 is 1.97 bits per heavy atom. The second-order valence-electron chi connectivity index (χ2n) is 8.51. The third-order valence-electron chi connectivity index (χ3n) is 6.21. The Hall–Kier alpha value is -3.27. The fraction of sp³-hybridized carbons (Fsp3) is 0.320. The predicted molar refractivity (Wildman–Crippen MR) is 138 cm³/mol. The number of para-hydroxylation sites is 1. The molecule has 1 aliphatic rings. The Morgan fingerprint density at radius 1 is 1.18 bits per heavy atom. The van der Waals surface area contributed by atoms with Gasteiger partial charge in [-0.1, -0.05) is 42.5 Å². The lowest BCUT2D eigenvalue weighted by Crippen LogP contribution is -2.39. The quantitative estimate of drug-likeness (QED) is 0.324. The van der Waals surface area contributed by atoms with Crippen LogP contribution in [-0.2, 0) is 0 Å². The summed E-state index contributed by atoms with van der Waals surface area (Å²) in [7, 11) is 1.83.